The highest BCUT2D eigenvalue weighted by Gasteiger charge is 2.01. The molecule has 0 saturated heterocycles. The Kier molecular flexibility index (Phi) is 12.8. The minimum absolute atomic E-state index is 0.642. The minimum Gasteiger partial charge on any atom is -0.393 e. The predicted molar refractivity (Wildman–Crippen MR) is 85.7 cm³/mol. The Bertz CT molecular complexity index is 303. The quantitative estimate of drug-likeness (QED) is 0.393. The number of likely N-dealkylation sites (N-methyl/N-ethyl adjacent to an activating group) is 1. The largest absolute Gasteiger partial charge is 0.393 e. The van der Waals surface area contributed by atoms with Crippen molar-refractivity contribution in [1.29, 1.82) is 0 Å². The Balaban J connectivity index is 4.35. The molecule has 0 unspecified atom stereocenters. The molecule has 0 radical (unpaired) electrons. The molecule has 0 aromatic heterocycles. The fourth-order valence-electron chi connectivity index (χ4n) is 1.19. The zero-order valence-electron chi connectivity index (χ0n) is 12.3. The molecule has 0 heterocycles. The maximum absolute atomic E-state index is 5.44. The summed E-state index contributed by atoms with van der Waals surface area (Å²) in [7, 11) is 5.57. The van der Waals surface area contributed by atoms with Gasteiger partial charge in [0.05, 0.1) is 12.9 Å². The molecule has 0 aromatic rings. The number of hydrogen-bond acceptors (Lipinski definition) is 5. The van der Waals surface area contributed by atoms with Gasteiger partial charge in [-0.25, -0.2) is 0 Å². The Morgan fingerprint density at radius 3 is 2.74 bits per heavy atom. The lowest BCUT2D eigenvalue weighted by atomic mass is 10.4. The topological polar surface area (TPSA) is 57.7 Å². The summed E-state index contributed by atoms with van der Waals surface area (Å²) in [5, 5.41) is 9.32. The number of ether oxygens (including phenoxy) is 1. The van der Waals surface area contributed by atoms with Gasteiger partial charge in [0.1, 0.15) is 0 Å². The number of rotatable bonds is 11. The van der Waals surface area contributed by atoms with Crippen LogP contribution in [0.15, 0.2) is 27.9 Å². The van der Waals surface area contributed by atoms with Crippen LogP contribution >= 0.6 is 11.8 Å². The third-order valence-electron chi connectivity index (χ3n) is 2.10. The number of nitrogens with zero attached hydrogens (tertiary/aromatic N) is 1. The SMILES string of the molecule is CCOC/C(=C/NC)SC/C(=C/CNC)NC=NC. The Labute approximate surface area is 121 Å². The summed E-state index contributed by atoms with van der Waals surface area (Å²) in [6.07, 6.45) is 5.79. The summed E-state index contributed by atoms with van der Waals surface area (Å²) in [6.45, 7) is 4.20. The first-order valence-electron chi connectivity index (χ1n) is 6.36. The summed E-state index contributed by atoms with van der Waals surface area (Å²) >= 11 is 1.75. The first kappa shape index (κ1) is 18.0. The lowest BCUT2D eigenvalue weighted by Gasteiger charge is -2.10. The molecule has 6 heteroatoms. The molecule has 0 saturated carbocycles. The molecule has 0 fully saturated rings. The summed E-state index contributed by atoms with van der Waals surface area (Å²) in [4.78, 5) is 5.11. The zero-order valence-corrected chi connectivity index (χ0v) is 13.1. The lowest BCUT2D eigenvalue weighted by Crippen LogP contribution is -2.16. The van der Waals surface area contributed by atoms with E-state index in [1.165, 1.54) is 4.91 Å². The van der Waals surface area contributed by atoms with Crippen molar-refractivity contribution in [3.8, 4) is 0 Å². The second-order valence-electron chi connectivity index (χ2n) is 3.64. The van der Waals surface area contributed by atoms with Crippen LogP contribution in [0.2, 0.25) is 0 Å². The van der Waals surface area contributed by atoms with E-state index in [9.17, 15) is 0 Å². The van der Waals surface area contributed by atoms with Crippen molar-refractivity contribution in [1.82, 2.24) is 16.0 Å². The van der Waals surface area contributed by atoms with Gasteiger partial charge in [-0.15, -0.1) is 11.8 Å². The maximum Gasteiger partial charge on any atom is 0.0862 e. The van der Waals surface area contributed by atoms with Crippen molar-refractivity contribution in [2.45, 2.75) is 6.92 Å². The molecule has 3 N–H and O–H groups in total. The highest BCUT2D eigenvalue weighted by atomic mass is 32.2. The first-order valence-corrected chi connectivity index (χ1v) is 7.34. The average molecular weight is 286 g/mol. The summed E-state index contributed by atoms with van der Waals surface area (Å²) in [5.41, 5.74) is 1.13. The molecule has 0 amide bonds. The Hall–Kier alpha value is -0.980. The van der Waals surface area contributed by atoms with Gasteiger partial charge in [-0.3, -0.25) is 4.99 Å². The van der Waals surface area contributed by atoms with E-state index in [0.717, 1.165) is 24.6 Å². The molecule has 0 bridgehead atoms. The molecule has 0 rings (SSSR count). The molecule has 5 nitrogen and oxygen atoms in total. The van der Waals surface area contributed by atoms with Gasteiger partial charge in [0.2, 0.25) is 0 Å². The molecule has 0 atom stereocenters. The van der Waals surface area contributed by atoms with Gasteiger partial charge in [0, 0.05) is 49.8 Å². The van der Waals surface area contributed by atoms with E-state index in [2.05, 4.69) is 27.0 Å². The van der Waals surface area contributed by atoms with Gasteiger partial charge in [-0.2, -0.15) is 0 Å². The van der Waals surface area contributed by atoms with Crippen LogP contribution in [0.4, 0.5) is 0 Å². The molecule has 0 spiro atoms. The number of aliphatic imine (C=N–C) groups is 1. The average Bonchev–Trinajstić information content (AvgIpc) is 2.43. The highest BCUT2D eigenvalue weighted by Crippen LogP contribution is 2.17. The van der Waals surface area contributed by atoms with Crippen molar-refractivity contribution in [3.05, 3.63) is 22.9 Å². The summed E-state index contributed by atoms with van der Waals surface area (Å²) < 4.78 is 5.44. The Morgan fingerprint density at radius 1 is 1.37 bits per heavy atom. The number of hydrogen-bond donors (Lipinski definition) is 3. The molecular weight excluding hydrogens is 260 g/mol. The van der Waals surface area contributed by atoms with Crippen LogP contribution in [0.1, 0.15) is 6.92 Å². The van der Waals surface area contributed by atoms with Crippen molar-refractivity contribution >= 4 is 18.1 Å². The van der Waals surface area contributed by atoms with E-state index in [-0.39, 0.29) is 0 Å². The molecule has 0 aliphatic heterocycles. The second-order valence-corrected chi connectivity index (χ2v) is 4.75. The second kappa shape index (κ2) is 13.5. The first-order chi connectivity index (χ1) is 9.28. The molecule has 0 aliphatic carbocycles. The van der Waals surface area contributed by atoms with Gasteiger partial charge >= 0.3 is 0 Å². The standard InChI is InChI=1S/C13H26N4OS/c1-5-18-9-13(8-15-3)19-10-12(6-7-14-2)17-11-16-4/h6,8,11,14-15H,5,7,9-10H2,1-4H3,(H,16,17)/b12-6-,13-8-. The third kappa shape index (κ3) is 10.6. The van der Waals surface area contributed by atoms with E-state index >= 15 is 0 Å². The minimum atomic E-state index is 0.642. The number of nitrogens with one attached hydrogen (secondary N) is 3. The van der Waals surface area contributed by atoms with Crippen LogP contribution in [0.5, 0.6) is 0 Å². The van der Waals surface area contributed by atoms with Gasteiger partial charge < -0.3 is 20.7 Å². The van der Waals surface area contributed by atoms with E-state index < -0.39 is 0 Å². The van der Waals surface area contributed by atoms with Gasteiger partial charge in [-0.05, 0) is 14.0 Å². The fourth-order valence-corrected chi connectivity index (χ4v) is 2.10. The molecule has 19 heavy (non-hydrogen) atoms. The van der Waals surface area contributed by atoms with Crippen LogP contribution in [0.3, 0.4) is 0 Å². The molecular formula is C13H26N4OS. The van der Waals surface area contributed by atoms with E-state index in [0.29, 0.717) is 6.61 Å². The van der Waals surface area contributed by atoms with Crippen molar-refractivity contribution in [2.24, 2.45) is 4.99 Å². The molecule has 0 aliphatic rings. The fraction of sp³-hybridized carbons (Fsp3) is 0.615. The van der Waals surface area contributed by atoms with Crippen LogP contribution < -0.4 is 16.0 Å². The van der Waals surface area contributed by atoms with E-state index in [1.54, 1.807) is 25.1 Å². The summed E-state index contributed by atoms with van der Waals surface area (Å²) in [5.74, 6) is 0.855. The van der Waals surface area contributed by atoms with Gasteiger partial charge in [0.15, 0.2) is 0 Å². The monoisotopic (exact) mass is 286 g/mol. The molecule has 110 valence electrons. The normalized spacial score (nSPS) is 13.1. The Morgan fingerprint density at radius 2 is 2.16 bits per heavy atom. The highest BCUT2D eigenvalue weighted by molar-refractivity contribution is 8.03. The van der Waals surface area contributed by atoms with Crippen LogP contribution in [0, 0.1) is 0 Å². The van der Waals surface area contributed by atoms with Crippen LogP contribution in [-0.4, -0.2) is 53.0 Å². The molecule has 0 aromatic carbocycles. The van der Waals surface area contributed by atoms with Crippen molar-refractivity contribution < 1.29 is 4.74 Å². The maximum atomic E-state index is 5.44. The van der Waals surface area contributed by atoms with Gasteiger partial charge in [0.25, 0.3) is 0 Å². The van der Waals surface area contributed by atoms with E-state index in [4.69, 9.17) is 4.74 Å². The third-order valence-corrected chi connectivity index (χ3v) is 3.16. The lowest BCUT2D eigenvalue weighted by molar-refractivity contribution is 0.175. The van der Waals surface area contributed by atoms with Crippen LogP contribution in [0.25, 0.3) is 0 Å². The van der Waals surface area contributed by atoms with Crippen LogP contribution in [-0.2, 0) is 4.74 Å². The van der Waals surface area contributed by atoms with E-state index in [1.807, 2.05) is 27.2 Å². The number of thioether (sulfide) groups is 1. The van der Waals surface area contributed by atoms with Crippen molar-refractivity contribution in [2.75, 3.05) is 46.7 Å². The zero-order chi connectivity index (χ0) is 14.3. The predicted octanol–water partition coefficient (Wildman–Crippen LogP) is 1.17. The van der Waals surface area contributed by atoms with Crippen molar-refractivity contribution in [3.63, 3.8) is 0 Å². The smallest absolute Gasteiger partial charge is 0.0862 e. The summed E-state index contributed by atoms with van der Waals surface area (Å²) in [6, 6.07) is 0. The van der Waals surface area contributed by atoms with Gasteiger partial charge in [-0.1, -0.05) is 6.08 Å².